The van der Waals surface area contributed by atoms with E-state index in [-0.39, 0.29) is 6.10 Å². The Balaban J connectivity index is 0.000000561. The standard InChI is InChI=1S/C9H12O.C2H6/c1-7(2)4-5-8(3)9-6-10-9;1-2/h4-5,9H,1,3,6H2,2H3;1-2H3/b5-4-;. The topological polar surface area (TPSA) is 12.5 Å². The van der Waals surface area contributed by atoms with Crippen molar-refractivity contribution in [2.75, 3.05) is 6.61 Å². The maximum absolute atomic E-state index is 5.02. The Morgan fingerprint density at radius 2 is 1.83 bits per heavy atom. The number of epoxide rings is 1. The Hall–Kier alpha value is -0.820. The van der Waals surface area contributed by atoms with Crippen molar-refractivity contribution in [3.8, 4) is 0 Å². The van der Waals surface area contributed by atoms with Crippen LogP contribution in [0.4, 0.5) is 0 Å². The quantitative estimate of drug-likeness (QED) is 0.463. The third-order valence-electron chi connectivity index (χ3n) is 1.33. The molecule has 1 atom stereocenters. The molecule has 12 heavy (non-hydrogen) atoms. The summed E-state index contributed by atoms with van der Waals surface area (Å²) >= 11 is 0. The summed E-state index contributed by atoms with van der Waals surface area (Å²) < 4.78 is 5.02. The Morgan fingerprint density at radius 1 is 1.33 bits per heavy atom. The van der Waals surface area contributed by atoms with Gasteiger partial charge in [0.1, 0.15) is 6.10 Å². The van der Waals surface area contributed by atoms with Crippen LogP contribution in [-0.2, 0) is 4.74 Å². The molecule has 0 aliphatic carbocycles. The molecule has 1 nitrogen and oxygen atoms in total. The van der Waals surface area contributed by atoms with E-state index in [0.29, 0.717) is 0 Å². The SMILES string of the molecule is C=C(C)/C=C\C(=C)C1CO1.CC. The lowest BCUT2D eigenvalue weighted by atomic mass is 10.2. The minimum absolute atomic E-state index is 0.288. The fraction of sp³-hybridized carbons (Fsp3) is 0.455. The Morgan fingerprint density at radius 3 is 2.17 bits per heavy atom. The number of hydrogen-bond donors (Lipinski definition) is 0. The van der Waals surface area contributed by atoms with Gasteiger partial charge in [0.15, 0.2) is 0 Å². The zero-order valence-corrected chi connectivity index (χ0v) is 8.26. The molecule has 0 radical (unpaired) electrons. The van der Waals surface area contributed by atoms with E-state index in [4.69, 9.17) is 4.74 Å². The molecule has 0 aromatic carbocycles. The van der Waals surface area contributed by atoms with Gasteiger partial charge in [0.2, 0.25) is 0 Å². The summed E-state index contributed by atoms with van der Waals surface area (Å²) in [6.07, 6.45) is 4.19. The summed E-state index contributed by atoms with van der Waals surface area (Å²) in [5.74, 6) is 0. The molecule has 1 rings (SSSR count). The van der Waals surface area contributed by atoms with Gasteiger partial charge < -0.3 is 4.74 Å². The molecule has 0 bridgehead atoms. The maximum atomic E-state index is 5.02. The number of ether oxygens (including phenoxy) is 1. The van der Waals surface area contributed by atoms with E-state index in [1.54, 1.807) is 0 Å². The van der Waals surface area contributed by atoms with Crippen LogP contribution < -0.4 is 0 Å². The van der Waals surface area contributed by atoms with Crippen molar-refractivity contribution in [3.63, 3.8) is 0 Å². The first-order valence-corrected chi connectivity index (χ1v) is 4.34. The van der Waals surface area contributed by atoms with Crippen LogP contribution in [0, 0.1) is 0 Å². The minimum Gasteiger partial charge on any atom is -0.368 e. The third kappa shape index (κ3) is 4.91. The van der Waals surface area contributed by atoms with Gasteiger partial charge in [0.25, 0.3) is 0 Å². The van der Waals surface area contributed by atoms with Crippen LogP contribution in [0.5, 0.6) is 0 Å². The average Bonchev–Trinajstić information content (AvgIpc) is 2.86. The van der Waals surface area contributed by atoms with E-state index in [2.05, 4.69) is 13.2 Å². The second-order valence-electron chi connectivity index (χ2n) is 2.58. The Labute approximate surface area is 75.4 Å². The molecule has 1 heteroatoms. The lowest BCUT2D eigenvalue weighted by Crippen LogP contribution is -1.84. The zero-order chi connectivity index (χ0) is 9.56. The maximum Gasteiger partial charge on any atom is 0.105 e. The van der Waals surface area contributed by atoms with Crippen LogP contribution in [0.15, 0.2) is 36.5 Å². The van der Waals surface area contributed by atoms with Crippen LogP contribution in [-0.4, -0.2) is 12.7 Å². The van der Waals surface area contributed by atoms with E-state index in [1.165, 1.54) is 0 Å². The largest absolute Gasteiger partial charge is 0.368 e. The summed E-state index contributed by atoms with van der Waals surface area (Å²) in [5, 5.41) is 0. The van der Waals surface area contributed by atoms with Gasteiger partial charge >= 0.3 is 0 Å². The molecule has 68 valence electrons. The molecule has 1 fully saturated rings. The highest BCUT2D eigenvalue weighted by Crippen LogP contribution is 2.18. The van der Waals surface area contributed by atoms with Gasteiger partial charge in [-0.1, -0.05) is 44.7 Å². The van der Waals surface area contributed by atoms with Gasteiger partial charge in [-0.15, -0.1) is 0 Å². The first kappa shape index (κ1) is 11.2. The normalized spacial score (nSPS) is 19.8. The summed E-state index contributed by atoms with van der Waals surface area (Å²) in [6.45, 7) is 14.4. The second-order valence-corrected chi connectivity index (χ2v) is 2.58. The molecule has 1 aliphatic heterocycles. The van der Waals surface area contributed by atoms with Crippen LogP contribution >= 0.6 is 0 Å². The molecular formula is C11H18O. The number of rotatable bonds is 3. The molecule has 0 aromatic rings. The predicted octanol–water partition coefficient (Wildman–Crippen LogP) is 3.10. The highest BCUT2D eigenvalue weighted by atomic mass is 16.6. The van der Waals surface area contributed by atoms with Crippen molar-refractivity contribution in [1.29, 1.82) is 0 Å². The molecule has 0 amide bonds. The highest BCUT2D eigenvalue weighted by Gasteiger charge is 2.23. The smallest absolute Gasteiger partial charge is 0.105 e. The van der Waals surface area contributed by atoms with Gasteiger partial charge in [-0.25, -0.2) is 0 Å². The summed E-state index contributed by atoms with van der Waals surface area (Å²) in [7, 11) is 0. The number of allylic oxidation sites excluding steroid dienone is 2. The van der Waals surface area contributed by atoms with Crippen molar-refractivity contribution < 1.29 is 4.74 Å². The van der Waals surface area contributed by atoms with Crippen LogP contribution in [0.3, 0.4) is 0 Å². The van der Waals surface area contributed by atoms with E-state index in [1.807, 2.05) is 32.9 Å². The second kappa shape index (κ2) is 5.78. The van der Waals surface area contributed by atoms with Crippen LogP contribution in [0.1, 0.15) is 20.8 Å². The summed E-state index contributed by atoms with van der Waals surface area (Å²) in [6, 6.07) is 0. The van der Waals surface area contributed by atoms with Gasteiger partial charge in [0.05, 0.1) is 6.61 Å². The molecule has 0 aromatic heterocycles. The van der Waals surface area contributed by atoms with E-state index in [9.17, 15) is 0 Å². The van der Waals surface area contributed by atoms with Gasteiger partial charge in [-0.05, 0) is 12.5 Å². The van der Waals surface area contributed by atoms with Crippen molar-refractivity contribution in [2.24, 2.45) is 0 Å². The van der Waals surface area contributed by atoms with Crippen molar-refractivity contribution >= 4 is 0 Å². The molecule has 1 saturated heterocycles. The lowest BCUT2D eigenvalue weighted by molar-refractivity contribution is 0.435. The minimum atomic E-state index is 0.288. The molecule has 1 aliphatic rings. The van der Waals surface area contributed by atoms with Gasteiger partial charge in [-0.2, -0.15) is 0 Å². The third-order valence-corrected chi connectivity index (χ3v) is 1.33. The van der Waals surface area contributed by atoms with E-state index < -0.39 is 0 Å². The highest BCUT2D eigenvalue weighted by molar-refractivity contribution is 5.27. The Kier molecular flexibility index (Phi) is 5.39. The summed E-state index contributed by atoms with van der Waals surface area (Å²) in [5.41, 5.74) is 2.09. The first-order chi connectivity index (χ1) is 5.70. The molecule has 1 heterocycles. The van der Waals surface area contributed by atoms with E-state index in [0.717, 1.165) is 17.8 Å². The fourth-order valence-corrected chi connectivity index (χ4v) is 0.619. The van der Waals surface area contributed by atoms with Crippen molar-refractivity contribution in [1.82, 2.24) is 0 Å². The van der Waals surface area contributed by atoms with Crippen LogP contribution in [0.2, 0.25) is 0 Å². The molecular weight excluding hydrogens is 148 g/mol. The predicted molar refractivity (Wildman–Crippen MR) is 54.2 cm³/mol. The summed E-state index contributed by atoms with van der Waals surface area (Å²) in [4.78, 5) is 0. The van der Waals surface area contributed by atoms with Crippen LogP contribution in [0.25, 0.3) is 0 Å². The first-order valence-electron chi connectivity index (χ1n) is 4.34. The Bertz CT molecular complexity index is 185. The fourth-order valence-electron chi connectivity index (χ4n) is 0.619. The number of hydrogen-bond acceptors (Lipinski definition) is 1. The van der Waals surface area contributed by atoms with Crippen molar-refractivity contribution in [3.05, 3.63) is 36.5 Å². The lowest BCUT2D eigenvalue weighted by Gasteiger charge is -1.89. The average molecular weight is 166 g/mol. The van der Waals surface area contributed by atoms with Gasteiger partial charge in [-0.3, -0.25) is 0 Å². The van der Waals surface area contributed by atoms with Crippen molar-refractivity contribution in [2.45, 2.75) is 26.9 Å². The molecule has 0 saturated carbocycles. The zero-order valence-electron chi connectivity index (χ0n) is 8.26. The van der Waals surface area contributed by atoms with Gasteiger partial charge in [0, 0.05) is 0 Å². The van der Waals surface area contributed by atoms with E-state index >= 15 is 0 Å². The molecule has 0 N–H and O–H groups in total. The monoisotopic (exact) mass is 166 g/mol. The molecule has 1 unspecified atom stereocenters. The molecule has 0 spiro atoms.